The molecule has 1 aromatic heterocycles. The molecule has 1 N–H and O–H groups in total. The van der Waals surface area contributed by atoms with E-state index in [1.165, 1.54) is 0 Å². The third kappa shape index (κ3) is 4.19. The molecular formula is C22H27ClN2O4. The van der Waals surface area contributed by atoms with Crippen LogP contribution in [0.15, 0.2) is 23.0 Å². The van der Waals surface area contributed by atoms with Crippen molar-refractivity contribution >= 4 is 17.5 Å². The summed E-state index contributed by atoms with van der Waals surface area (Å²) in [7, 11) is 0. The monoisotopic (exact) mass is 418 g/mol. The molecule has 4 rings (SSSR count). The van der Waals surface area contributed by atoms with Gasteiger partial charge in [0.1, 0.15) is 11.9 Å². The summed E-state index contributed by atoms with van der Waals surface area (Å²) in [5.74, 6) is 0.342. The van der Waals surface area contributed by atoms with E-state index in [9.17, 15) is 9.59 Å². The van der Waals surface area contributed by atoms with Crippen LogP contribution >= 0.6 is 11.6 Å². The predicted octanol–water partition coefficient (Wildman–Crippen LogP) is 3.65. The minimum Gasteiger partial charge on any atom is -0.486 e. The predicted molar refractivity (Wildman–Crippen MR) is 113 cm³/mol. The summed E-state index contributed by atoms with van der Waals surface area (Å²) < 4.78 is 11.3. The standard InChI is InChI=1S/C21H23ClN2O4.CH4/c1-12-9-13(2)23-20(25)16(12)10-24-7-5-14-3-4-17(19(22)18(14)21(24)26)28-15-6-8-27-11-15;/h3-4,9,15H,5-8,10-11H2,1-2H3,(H,23,25);1H4/t15-;/m0./s1. The van der Waals surface area contributed by atoms with Crippen LogP contribution in [0, 0.1) is 13.8 Å². The first-order chi connectivity index (χ1) is 13.4. The maximum absolute atomic E-state index is 13.2. The van der Waals surface area contributed by atoms with Crippen LogP contribution in [0.25, 0.3) is 0 Å². The number of carbonyl (C=O) groups is 1. The summed E-state index contributed by atoms with van der Waals surface area (Å²) in [5.41, 5.74) is 3.53. The number of aromatic nitrogens is 1. The van der Waals surface area contributed by atoms with Crippen molar-refractivity contribution in [1.82, 2.24) is 9.88 Å². The molecule has 156 valence electrons. The molecule has 0 radical (unpaired) electrons. The lowest BCUT2D eigenvalue weighted by Gasteiger charge is -2.30. The summed E-state index contributed by atoms with van der Waals surface area (Å²) >= 11 is 6.57. The van der Waals surface area contributed by atoms with Gasteiger partial charge in [-0.3, -0.25) is 9.59 Å². The van der Waals surface area contributed by atoms with Crippen molar-refractivity contribution in [1.29, 1.82) is 0 Å². The number of nitrogens with zero attached hydrogens (tertiary/aromatic N) is 1. The first kappa shape index (κ1) is 21.4. The van der Waals surface area contributed by atoms with Gasteiger partial charge in [-0.05, 0) is 43.5 Å². The summed E-state index contributed by atoms with van der Waals surface area (Å²) in [5, 5.41) is 0.341. The average molecular weight is 419 g/mol. The van der Waals surface area contributed by atoms with Crippen LogP contribution in [0.3, 0.4) is 0 Å². The van der Waals surface area contributed by atoms with E-state index < -0.39 is 0 Å². The Hall–Kier alpha value is -2.31. The zero-order valence-corrected chi connectivity index (χ0v) is 16.8. The van der Waals surface area contributed by atoms with Crippen molar-refractivity contribution in [2.45, 2.75) is 46.8 Å². The lowest BCUT2D eigenvalue weighted by Crippen LogP contribution is -2.39. The summed E-state index contributed by atoms with van der Waals surface area (Å²) in [6.45, 7) is 5.75. The van der Waals surface area contributed by atoms with Crippen LogP contribution < -0.4 is 10.3 Å². The van der Waals surface area contributed by atoms with Gasteiger partial charge >= 0.3 is 0 Å². The van der Waals surface area contributed by atoms with Gasteiger partial charge in [0, 0.05) is 24.2 Å². The zero-order valence-electron chi connectivity index (χ0n) is 16.0. The van der Waals surface area contributed by atoms with Crippen LogP contribution in [-0.4, -0.2) is 41.7 Å². The number of hydrogen-bond acceptors (Lipinski definition) is 4. The van der Waals surface area contributed by atoms with E-state index in [1.54, 1.807) is 4.90 Å². The first-order valence-corrected chi connectivity index (χ1v) is 9.86. The fourth-order valence-electron chi connectivity index (χ4n) is 3.85. The molecule has 0 saturated carbocycles. The third-order valence-corrected chi connectivity index (χ3v) is 5.74. The van der Waals surface area contributed by atoms with Gasteiger partial charge in [0.15, 0.2) is 0 Å². The van der Waals surface area contributed by atoms with E-state index in [4.69, 9.17) is 21.1 Å². The van der Waals surface area contributed by atoms with E-state index >= 15 is 0 Å². The number of rotatable bonds is 4. The van der Waals surface area contributed by atoms with Crippen molar-refractivity contribution in [2.75, 3.05) is 19.8 Å². The number of fused-ring (bicyclic) bond motifs is 1. The maximum Gasteiger partial charge on any atom is 0.256 e. The Labute approximate surface area is 175 Å². The average Bonchev–Trinajstić information content (AvgIpc) is 3.15. The smallest absolute Gasteiger partial charge is 0.256 e. The maximum atomic E-state index is 13.2. The van der Waals surface area contributed by atoms with Gasteiger partial charge in [0.2, 0.25) is 0 Å². The molecule has 6 nitrogen and oxygen atoms in total. The molecule has 0 unspecified atom stereocenters. The van der Waals surface area contributed by atoms with Crippen molar-refractivity contribution in [3.63, 3.8) is 0 Å². The molecule has 2 aliphatic rings. The van der Waals surface area contributed by atoms with Crippen LogP contribution in [0.2, 0.25) is 5.02 Å². The Morgan fingerprint density at radius 1 is 1.31 bits per heavy atom. The Bertz CT molecular complexity index is 980. The lowest BCUT2D eigenvalue weighted by atomic mass is 9.97. The zero-order chi connectivity index (χ0) is 19.8. The number of benzene rings is 1. The number of halogens is 1. The van der Waals surface area contributed by atoms with Gasteiger partial charge in [-0.15, -0.1) is 0 Å². The normalized spacial score (nSPS) is 18.4. The van der Waals surface area contributed by atoms with Crippen molar-refractivity contribution < 1.29 is 14.3 Å². The van der Waals surface area contributed by atoms with Crippen LogP contribution in [0.5, 0.6) is 5.75 Å². The summed E-state index contributed by atoms with van der Waals surface area (Å²) in [6, 6.07) is 5.66. The molecule has 1 saturated heterocycles. The molecular weight excluding hydrogens is 392 g/mol. The Balaban J connectivity index is 0.00000240. The second-order valence-corrected chi connectivity index (χ2v) is 7.81. The number of carbonyl (C=O) groups excluding carboxylic acids is 1. The highest BCUT2D eigenvalue weighted by Gasteiger charge is 2.30. The van der Waals surface area contributed by atoms with Gasteiger partial charge in [-0.1, -0.05) is 25.1 Å². The highest BCUT2D eigenvalue weighted by atomic mass is 35.5. The molecule has 0 bridgehead atoms. The molecule has 2 aliphatic heterocycles. The number of pyridine rings is 1. The Kier molecular flexibility index (Phi) is 6.34. The van der Waals surface area contributed by atoms with Crippen LogP contribution in [-0.2, 0) is 17.7 Å². The number of amides is 1. The fraction of sp³-hybridized carbons (Fsp3) is 0.455. The number of aryl methyl sites for hydroxylation is 2. The van der Waals surface area contributed by atoms with E-state index in [0.717, 1.165) is 23.2 Å². The number of ether oxygens (including phenoxy) is 2. The van der Waals surface area contributed by atoms with Crippen molar-refractivity contribution in [3.05, 3.63) is 61.5 Å². The molecule has 0 aliphatic carbocycles. The highest BCUT2D eigenvalue weighted by Crippen LogP contribution is 2.35. The van der Waals surface area contributed by atoms with E-state index in [0.29, 0.717) is 48.1 Å². The van der Waals surface area contributed by atoms with Gasteiger partial charge in [0.05, 0.1) is 30.3 Å². The molecule has 2 aromatic rings. The van der Waals surface area contributed by atoms with Gasteiger partial charge in [0.25, 0.3) is 11.5 Å². The quantitative estimate of drug-likeness (QED) is 0.822. The fourth-order valence-corrected chi connectivity index (χ4v) is 4.16. The Morgan fingerprint density at radius 2 is 2.10 bits per heavy atom. The van der Waals surface area contributed by atoms with Gasteiger partial charge < -0.3 is 19.4 Å². The highest BCUT2D eigenvalue weighted by molar-refractivity contribution is 6.35. The van der Waals surface area contributed by atoms with E-state index in [-0.39, 0.29) is 31.5 Å². The van der Waals surface area contributed by atoms with Crippen LogP contribution in [0.4, 0.5) is 0 Å². The molecule has 1 amide bonds. The molecule has 0 spiro atoms. The summed E-state index contributed by atoms with van der Waals surface area (Å²) in [6.07, 6.45) is 1.46. The number of aromatic amines is 1. The molecule has 29 heavy (non-hydrogen) atoms. The molecule has 1 fully saturated rings. The van der Waals surface area contributed by atoms with Gasteiger partial charge in [-0.25, -0.2) is 0 Å². The topological polar surface area (TPSA) is 71.6 Å². The minimum absolute atomic E-state index is 0. The lowest BCUT2D eigenvalue weighted by molar-refractivity contribution is 0.0725. The molecule has 3 heterocycles. The summed E-state index contributed by atoms with van der Waals surface area (Å²) in [4.78, 5) is 30.0. The third-order valence-electron chi connectivity index (χ3n) is 5.37. The largest absolute Gasteiger partial charge is 0.486 e. The molecule has 1 atom stereocenters. The first-order valence-electron chi connectivity index (χ1n) is 9.48. The number of H-pyrrole nitrogens is 1. The van der Waals surface area contributed by atoms with Crippen LogP contribution in [0.1, 0.15) is 46.6 Å². The SMILES string of the molecule is C.Cc1cc(C)c(CN2CCc3ccc(O[C@H]4CCOC4)c(Cl)c3C2=O)c(=O)[nH]1. The Morgan fingerprint density at radius 3 is 2.79 bits per heavy atom. The van der Waals surface area contributed by atoms with Gasteiger partial charge in [-0.2, -0.15) is 0 Å². The number of nitrogens with one attached hydrogen (secondary N) is 1. The second-order valence-electron chi connectivity index (χ2n) is 7.44. The van der Waals surface area contributed by atoms with E-state index in [1.807, 2.05) is 32.0 Å². The van der Waals surface area contributed by atoms with Crippen molar-refractivity contribution in [3.8, 4) is 5.75 Å². The van der Waals surface area contributed by atoms with E-state index in [2.05, 4.69) is 4.98 Å². The van der Waals surface area contributed by atoms with Crippen molar-refractivity contribution in [2.24, 2.45) is 0 Å². The molecule has 1 aromatic carbocycles. The number of hydrogen-bond donors (Lipinski definition) is 1. The molecule has 7 heteroatoms. The minimum atomic E-state index is -0.168. The second kappa shape index (κ2) is 8.59.